The Morgan fingerprint density at radius 2 is 0.912 bits per heavy atom. The van der Waals surface area contributed by atoms with E-state index in [1.165, 1.54) is 28.8 Å². The third-order valence-corrected chi connectivity index (χ3v) is 6.20. The van der Waals surface area contributed by atoms with Crippen molar-refractivity contribution in [1.29, 1.82) is 0 Å². The summed E-state index contributed by atoms with van der Waals surface area (Å²) in [6, 6.07) is 29.3. The van der Waals surface area contributed by atoms with E-state index in [9.17, 15) is 9.59 Å². The van der Waals surface area contributed by atoms with Crippen LogP contribution in [0.15, 0.2) is 91.0 Å². The number of aromatic nitrogens is 4. The zero-order chi connectivity index (χ0) is 40.1. The van der Waals surface area contributed by atoms with Crippen LogP contribution in [-0.2, 0) is 30.1 Å². The molecule has 3 aromatic carbocycles. The Morgan fingerprint density at radius 1 is 0.649 bits per heavy atom. The highest BCUT2D eigenvalue weighted by atomic mass is 127. The highest BCUT2D eigenvalue weighted by molar-refractivity contribution is 14.1. The van der Waals surface area contributed by atoms with Crippen molar-refractivity contribution in [1.82, 2.24) is 19.6 Å². The number of carbonyl (C=O) groups is 2. The van der Waals surface area contributed by atoms with Crippen LogP contribution in [0.4, 0.5) is 23.0 Å². The minimum Gasteiger partial charge on any atom is -0.320 e. The predicted molar refractivity (Wildman–Crippen MR) is 265 cm³/mol. The summed E-state index contributed by atoms with van der Waals surface area (Å²) in [5.74, 6) is 0.415. The van der Waals surface area contributed by atoms with Gasteiger partial charge < -0.3 is 21.6 Å². The van der Waals surface area contributed by atoms with Gasteiger partial charge in [0.2, 0.25) is 11.8 Å². The molecule has 17 heteroatoms. The number of alkyl halides is 1. The number of hydrogen-bond donors (Lipinski definition) is 4. The molecule has 6 radical (unpaired) electrons. The summed E-state index contributed by atoms with van der Waals surface area (Å²) in [4.78, 5) is 31.2. The minimum absolute atomic E-state index is 0. The van der Waals surface area contributed by atoms with Gasteiger partial charge in [0.05, 0.1) is 13.1 Å². The monoisotopic (exact) mass is 926 g/mol. The molecule has 0 fully saturated rings. The minimum atomic E-state index is -0.220. The molecule has 2 amide bonds. The van der Waals surface area contributed by atoms with Crippen molar-refractivity contribution >= 4 is 93.0 Å². The number of hydrogen-bond acceptors (Lipinski definition) is 6. The van der Waals surface area contributed by atoms with Crippen molar-refractivity contribution in [3.63, 3.8) is 0 Å². The molecule has 0 spiro atoms. The van der Waals surface area contributed by atoms with Crippen LogP contribution in [0.2, 0.25) is 0 Å². The van der Waals surface area contributed by atoms with E-state index in [1.54, 1.807) is 14.1 Å². The molecule has 2 unspecified atom stereocenters. The number of halogens is 1. The summed E-state index contributed by atoms with van der Waals surface area (Å²) in [5.41, 5.74) is 13.8. The van der Waals surface area contributed by atoms with Gasteiger partial charge in [-0.15, -0.1) is 0 Å². The van der Waals surface area contributed by atoms with Crippen LogP contribution in [0, 0.1) is 13.1 Å². The summed E-state index contributed by atoms with van der Waals surface area (Å²) in [7, 11) is 7.23. The van der Waals surface area contributed by atoms with Gasteiger partial charge in [0, 0.05) is 44.8 Å². The average Bonchev–Trinajstić information content (AvgIpc) is 3.69. The Labute approximate surface area is 366 Å². The molecule has 308 valence electrons. The van der Waals surface area contributed by atoms with E-state index in [4.69, 9.17) is 13.1 Å². The lowest BCUT2D eigenvalue weighted by Crippen LogP contribution is -2.09. The standard InChI is InChI=1S/2C13H12N4O.C8H10.C2H6.CH3I.3CH4.2B.2H4NP/c2*1-9(18)15-13-12(14-2)11(16-17(13)3)10-7-5-4-6-8-10;1-2-8-6-4-3-5-7-8;2*1-2;;;;;;2*1-2/h2*4-8H,1,3H3,(H,15,18);3-7H,2H2,1H3;1-2H3;1H3;3*1H4;;;2*1-2H2. The quantitative estimate of drug-likeness (QED) is 0.0453. The number of carbonyl (C=O) groups excluding carboxylic acids is 2. The van der Waals surface area contributed by atoms with E-state index in [2.05, 4.69) is 95.3 Å². The number of anilines is 2. The molecule has 5 aromatic rings. The highest BCUT2D eigenvalue weighted by Crippen LogP contribution is 2.37. The van der Waals surface area contributed by atoms with Gasteiger partial charge >= 0.3 is 0 Å². The Bertz CT molecular complexity index is 1700. The van der Waals surface area contributed by atoms with E-state index < -0.39 is 0 Å². The van der Waals surface area contributed by atoms with Crippen molar-refractivity contribution in [2.45, 2.75) is 63.3 Å². The fourth-order valence-electron chi connectivity index (χ4n) is 4.15. The normalized spacial score (nSPS) is 7.91. The van der Waals surface area contributed by atoms with E-state index >= 15 is 0 Å². The van der Waals surface area contributed by atoms with Crippen molar-refractivity contribution in [3.8, 4) is 22.5 Å². The van der Waals surface area contributed by atoms with Crippen molar-refractivity contribution in [2.75, 3.05) is 15.6 Å². The first kappa shape index (κ1) is 67.4. The molecule has 2 aromatic heterocycles. The Hall–Kier alpha value is -4.36. The number of rotatable bonds is 5. The third kappa shape index (κ3) is 23.5. The Morgan fingerprint density at radius 3 is 1.12 bits per heavy atom. The lowest BCUT2D eigenvalue weighted by molar-refractivity contribution is -0.115. The first-order valence-electron chi connectivity index (χ1n) is 15.8. The molecule has 2 heterocycles. The van der Waals surface area contributed by atoms with Crippen LogP contribution < -0.4 is 21.6 Å². The zero-order valence-electron chi connectivity index (χ0n) is 32.2. The highest BCUT2D eigenvalue weighted by Gasteiger charge is 2.19. The number of nitrogens with zero attached hydrogens (tertiary/aromatic N) is 6. The molecule has 0 saturated carbocycles. The zero-order valence-corrected chi connectivity index (χ0v) is 36.7. The SMILES string of the molecule is C.C.C.CC.CCc1ccccc1.CI.NP.NP.[B].[B].[C-]#[N+]c1c(-c2ccccc2)nn(C)c1NC(C)=O.[C-]#[N+]c1c(-c2ccccc2)nn(C)c1NC(C)=O. The second-order valence-electron chi connectivity index (χ2n) is 9.50. The number of benzene rings is 3. The fraction of sp³-hybridized carbons (Fsp3) is 0.300. The van der Waals surface area contributed by atoms with Gasteiger partial charge in [0.25, 0.3) is 11.4 Å². The van der Waals surface area contributed by atoms with Crippen LogP contribution in [0.5, 0.6) is 0 Å². The summed E-state index contributed by atoms with van der Waals surface area (Å²) in [6.07, 6.45) is 1.14. The Balaban J connectivity index is -0.000000121. The first-order chi connectivity index (χ1) is 25.2. The fourth-order valence-corrected chi connectivity index (χ4v) is 4.15. The maximum Gasteiger partial charge on any atom is 0.255 e. The summed E-state index contributed by atoms with van der Waals surface area (Å²) >= 11 is 2.15. The van der Waals surface area contributed by atoms with Crippen molar-refractivity contribution in [3.05, 3.63) is 119 Å². The molecule has 2 atom stereocenters. The van der Waals surface area contributed by atoms with Gasteiger partial charge in [-0.2, -0.15) is 10.2 Å². The maximum absolute atomic E-state index is 11.1. The molecule has 0 aliphatic carbocycles. The molecule has 6 N–H and O–H groups in total. The second kappa shape index (κ2) is 41.3. The van der Waals surface area contributed by atoms with Gasteiger partial charge in [-0.25, -0.2) is 9.69 Å². The first-order valence-corrected chi connectivity index (χ1v) is 19.3. The molecule has 5 rings (SSSR count). The number of amides is 2. The molecular weight excluding hydrogens is 863 g/mol. The molecular formula is C40H63B2IN10O2P2. The summed E-state index contributed by atoms with van der Waals surface area (Å²) < 4.78 is 3.02. The maximum atomic E-state index is 11.1. The lowest BCUT2D eigenvalue weighted by Gasteiger charge is -2.02. The third-order valence-electron chi connectivity index (χ3n) is 6.20. The smallest absolute Gasteiger partial charge is 0.255 e. The van der Waals surface area contributed by atoms with Crippen molar-refractivity contribution < 1.29 is 9.59 Å². The Kier molecular flexibility index (Phi) is 48.8. The van der Waals surface area contributed by atoms with Crippen LogP contribution in [0.25, 0.3) is 32.2 Å². The number of nitrogens with two attached hydrogens (primary N) is 2. The molecule has 0 bridgehead atoms. The van der Waals surface area contributed by atoms with Crippen LogP contribution >= 0.6 is 41.4 Å². The van der Waals surface area contributed by atoms with Gasteiger partial charge in [-0.1, -0.05) is 175 Å². The van der Waals surface area contributed by atoms with E-state index in [-0.39, 0.29) is 50.9 Å². The predicted octanol–water partition coefficient (Wildman–Crippen LogP) is 10.1. The summed E-state index contributed by atoms with van der Waals surface area (Å²) in [5, 5.41) is 13.8. The van der Waals surface area contributed by atoms with Crippen LogP contribution in [0.3, 0.4) is 0 Å². The van der Waals surface area contributed by atoms with Gasteiger partial charge in [0.15, 0.2) is 0 Å². The van der Waals surface area contributed by atoms with Gasteiger partial charge in [-0.05, 0) is 28.0 Å². The van der Waals surface area contributed by atoms with E-state index in [1.807, 2.05) is 104 Å². The molecule has 0 saturated heterocycles. The van der Waals surface area contributed by atoms with E-state index in [0.717, 1.165) is 17.5 Å². The number of nitrogens with one attached hydrogen (secondary N) is 2. The van der Waals surface area contributed by atoms with Crippen LogP contribution in [-0.4, -0.2) is 53.1 Å². The largest absolute Gasteiger partial charge is 0.320 e. The second-order valence-corrected chi connectivity index (χ2v) is 9.50. The average molecular weight is 926 g/mol. The summed E-state index contributed by atoms with van der Waals surface area (Å²) in [6.45, 7) is 23.5. The molecule has 0 aliphatic rings. The van der Waals surface area contributed by atoms with Gasteiger partial charge in [-0.3, -0.25) is 19.0 Å². The number of aryl methyl sites for hydroxylation is 3. The van der Waals surface area contributed by atoms with E-state index in [0.29, 0.717) is 34.4 Å². The molecule has 0 aliphatic heterocycles. The molecule has 57 heavy (non-hydrogen) atoms. The molecule has 12 nitrogen and oxygen atoms in total. The van der Waals surface area contributed by atoms with Crippen molar-refractivity contribution in [2.24, 2.45) is 25.1 Å². The lowest BCUT2D eigenvalue weighted by atomic mass is 10.1. The van der Waals surface area contributed by atoms with Gasteiger partial charge in [0.1, 0.15) is 23.0 Å². The topological polar surface area (TPSA) is 155 Å². The van der Waals surface area contributed by atoms with Crippen LogP contribution in [0.1, 0.15) is 62.5 Å².